The third-order valence-electron chi connectivity index (χ3n) is 3.02. The van der Waals surface area contributed by atoms with Crippen LogP contribution in [0, 0.1) is 0 Å². The lowest BCUT2D eigenvalue weighted by molar-refractivity contribution is -0.136. The normalized spacial score (nSPS) is 10.1. The van der Waals surface area contributed by atoms with Crippen LogP contribution < -0.4 is 4.74 Å². The van der Waals surface area contributed by atoms with Gasteiger partial charge >= 0.3 is 5.97 Å². The van der Waals surface area contributed by atoms with Crippen LogP contribution in [0.2, 0.25) is 0 Å². The molecule has 21 heavy (non-hydrogen) atoms. The number of ether oxygens (including phenoxy) is 1. The van der Waals surface area contributed by atoms with Crippen molar-refractivity contribution in [1.29, 1.82) is 0 Å². The summed E-state index contributed by atoms with van der Waals surface area (Å²) in [4.78, 5) is 21.9. The molecule has 0 fully saturated rings. The SMILES string of the molecule is CC(=O)c1cccc(OCc2ccc(CC(=O)O)cc2)c1. The lowest BCUT2D eigenvalue weighted by Gasteiger charge is -2.08. The molecule has 2 aromatic rings. The number of Topliss-reactive ketones (excluding diaryl/α,β-unsaturated/α-hetero) is 1. The number of carbonyl (C=O) groups excluding carboxylic acids is 1. The van der Waals surface area contributed by atoms with Crippen LogP contribution in [-0.4, -0.2) is 16.9 Å². The smallest absolute Gasteiger partial charge is 0.307 e. The summed E-state index contributed by atoms with van der Waals surface area (Å²) in [6.45, 7) is 1.88. The first-order valence-electron chi connectivity index (χ1n) is 6.58. The summed E-state index contributed by atoms with van der Waals surface area (Å²) in [6.07, 6.45) is 0.0157. The van der Waals surface area contributed by atoms with Crippen LogP contribution >= 0.6 is 0 Å². The second-order valence-electron chi connectivity index (χ2n) is 4.76. The Bertz CT molecular complexity index is 644. The van der Waals surface area contributed by atoms with Crippen LogP contribution in [0.15, 0.2) is 48.5 Å². The van der Waals surface area contributed by atoms with Crippen LogP contribution in [0.25, 0.3) is 0 Å². The zero-order chi connectivity index (χ0) is 15.2. The number of hydrogen-bond donors (Lipinski definition) is 1. The van der Waals surface area contributed by atoms with Crippen molar-refractivity contribution >= 4 is 11.8 Å². The van der Waals surface area contributed by atoms with Crippen molar-refractivity contribution in [1.82, 2.24) is 0 Å². The van der Waals surface area contributed by atoms with Gasteiger partial charge in [-0.05, 0) is 30.2 Å². The van der Waals surface area contributed by atoms with Crippen molar-refractivity contribution in [2.75, 3.05) is 0 Å². The minimum Gasteiger partial charge on any atom is -0.489 e. The van der Waals surface area contributed by atoms with Crippen molar-refractivity contribution < 1.29 is 19.4 Å². The second kappa shape index (κ2) is 6.70. The Morgan fingerprint density at radius 3 is 2.33 bits per heavy atom. The van der Waals surface area contributed by atoms with Crippen LogP contribution in [0.3, 0.4) is 0 Å². The van der Waals surface area contributed by atoms with Gasteiger partial charge < -0.3 is 9.84 Å². The quantitative estimate of drug-likeness (QED) is 0.828. The van der Waals surface area contributed by atoms with Gasteiger partial charge in [0.05, 0.1) is 6.42 Å². The minimum atomic E-state index is -0.847. The molecule has 0 unspecified atom stereocenters. The Kier molecular flexibility index (Phi) is 4.72. The number of ketones is 1. The molecule has 0 aliphatic rings. The first-order valence-corrected chi connectivity index (χ1v) is 6.58. The lowest BCUT2D eigenvalue weighted by atomic mass is 10.1. The summed E-state index contributed by atoms with van der Waals surface area (Å²) in [5.74, 6) is -0.212. The van der Waals surface area contributed by atoms with E-state index in [1.54, 1.807) is 36.4 Å². The van der Waals surface area contributed by atoms with Gasteiger partial charge in [-0.25, -0.2) is 0 Å². The van der Waals surface area contributed by atoms with Gasteiger partial charge in [-0.15, -0.1) is 0 Å². The number of benzene rings is 2. The molecule has 0 saturated heterocycles. The van der Waals surface area contributed by atoms with Crippen molar-refractivity contribution in [2.24, 2.45) is 0 Å². The Hall–Kier alpha value is -2.62. The van der Waals surface area contributed by atoms with Crippen LogP contribution in [-0.2, 0) is 17.8 Å². The third-order valence-corrected chi connectivity index (χ3v) is 3.02. The molecule has 0 atom stereocenters. The summed E-state index contributed by atoms with van der Waals surface area (Å²) in [7, 11) is 0. The highest BCUT2D eigenvalue weighted by atomic mass is 16.5. The summed E-state index contributed by atoms with van der Waals surface area (Å²) < 4.78 is 5.64. The minimum absolute atomic E-state index is 0.00141. The fourth-order valence-corrected chi connectivity index (χ4v) is 1.90. The zero-order valence-electron chi connectivity index (χ0n) is 11.7. The van der Waals surface area contributed by atoms with Crippen molar-refractivity contribution in [3.05, 3.63) is 65.2 Å². The zero-order valence-corrected chi connectivity index (χ0v) is 11.7. The number of rotatable bonds is 6. The second-order valence-corrected chi connectivity index (χ2v) is 4.76. The lowest BCUT2D eigenvalue weighted by Crippen LogP contribution is -2.01. The van der Waals surface area contributed by atoms with Gasteiger partial charge in [0.25, 0.3) is 0 Å². The van der Waals surface area contributed by atoms with E-state index in [0.29, 0.717) is 17.9 Å². The predicted octanol–water partition coefficient (Wildman–Crippen LogP) is 3.10. The molecule has 4 heteroatoms. The van der Waals surface area contributed by atoms with E-state index in [0.717, 1.165) is 11.1 Å². The van der Waals surface area contributed by atoms with E-state index in [2.05, 4.69) is 0 Å². The van der Waals surface area contributed by atoms with Gasteiger partial charge in [0.15, 0.2) is 5.78 Å². The number of carboxylic acid groups (broad SMARTS) is 1. The highest BCUT2D eigenvalue weighted by Gasteiger charge is 2.03. The molecule has 0 saturated carbocycles. The number of hydrogen-bond acceptors (Lipinski definition) is 3. The first kappa shape index (κ1) is 14.8. The fourth-order valence-electron chi connectivity index (χ4n) is 1.90. The molecule has 0 spiro atoms. The Morgan fingerprint density at radius 1 is 1.05 bits per heavy atom. The number of aliphatic carboxylic acids is 1. The summed E-state index contributed by atoms with van der Waals surface area (Å²) >= 11 is 0. The molecular weight excluding hydrogens is 268 g/mol. The molecule has 0 radical (unpaired) electrons. The third kappa shape index (κ3) is 4.45. The average molecular weight is 284 g/mol. The summed E-state index contributed by atoms with van der Waals surface area (Å²) in [5.41, 5.74) is 2.31. The van der Waals surface area contributed by atoms with Crippen molar-refractivity contribution in [3.8, 4) is 5.75 Å². The maximum atomic E-state index is 11.3. The highest BCUT2D eigenvalue weighted by Crippen LogP contribution is 2.16. The molecule has 4 nitrogen and oxygen atoms in total. The van der Waals surface area contributed by atoms with Gasteiger partial charge in [-0.2, -0.15) is 0 Å². The van der Waals surface area contributed by atoms with Gasteiger partial charge in [0, 0.05) is 5.56 Å². The van der Waals surface area contributed by atoms with Crippen LogP contribution in [0.1, 0.15) is 28.4 Å². The Labute approximate surface area is 123 Å². The van der Waals surface area contributed by atoms with Crippen molar-refractivity contribution in [3.63, 3.8) is 0 Å². The van der Waals surface area contributed by atoms with E-state index in [1.165, 1.54) is 6.92 Å². The average Bonchev–Trinajstić information content (AvgIpc) is 2.46. The van der Waals surface area contributed by atoms with E-state index in [-0.39, 0.29) is 12.2 Å². The number of carboxylic acids is 1. The molecule has 1 N–H and O–H groups in total. The molecule has 0 aliphatic heterocycles. The van der Waals surface area contributed by atoms with E-state index in [1.807, 2.05) is 12.1 Å². The molecule has 2 aromatic carbocycles. The Morgan fingerprint density at radius 2 is 1.71 bits per heavy atom. The molecular formula is C17H16O4. The van der Waals surface area contributed by atoms with Crippen LogP contribution in [0.5, 0.6) is 5.75 Å². The van der Waals surface area contributed by atoms with E-state index in [9.17, 15) is 9.59 Å². The van der Waals surface area contributed by atoms with Gasteiger partial charge in [0.1, 0.15) is 12.4 Å². The standard InChI is InChI=1S/C17H16O4/c1-12(18)15-3-2-4-16(10-15)21-11-14-7-5-13(6-8-14)9-17(19)20/h2-8,10H,9,11H2,1H3,(H,19,20). The maximum absolute atomic E-state index is 11.3. The largest absolute Gasteiger partial charge is 0.489 e. The number of carbonyl (C=O) groups is 2. The van der Waals surface area contributed by atoms with Gasteiger partial charge in [-0.1, -0.05) is 36.4 Å². The first-order chi connectivity index (χ1) is 10.0. The van der Waals surface area contributed by atoms with E-state index >= 15 is 0 Å². The van der Waals surface area contributed by atoms with E-state index in [4.69, 9.17) is 9.84 Å². The Balaban J connectivity index is 1.98. The molecule has 0 bridgehead atoms. The predicted molar refractivity (Wildman–Crippen MR) is 78.6 cm³/mol. The fraction of sp³-hybridized carbons (Fsp3) is 0.176. The maximum Gasteiger partial charge on any atom is 0.307 e. The van der Waals surface area contributed by atoms with E-state index < -0.39 is 5.97 Å². The highest BCUT2D eigenvalue weighted by molar-refractivity contribution is 5.94. The molecule has 0 amide bonds. The monoisotopic (exact) mass is 284 g/mol. The topological polar surface area (TPSA) is 63.6 Å². The molecule has 108 valence electrons. The molecule has 0 heterocycles. The van der Waals surface area contributed by atoms with Gasteiger partial charge in [0.2, 0.25) is 0 Å². The molecule has 0 aliphatic carbocycles. The molecule has 0 aromatic heterocycles. The van der Waals surface area contributed by atoms with Gasteiger partial charge in [-0.3, -0.25) is 9.59 Å². The summed E-state index contributed by atoms with van der Waals surface area (Å²) in [5, 5.41) is 8.71. The van der Waals surface area contributed by atoms with Crippen LogP contribution in [0.4, 0.5) is 0 Å². The summed E-state index contributed by atoms with van der Waals surface area (Å²) in [6, 6.07) is 14.3. The molecule has 2 rings (SSSR count). The van der Waals surface area contributed by atoms with Crippen molar-refractivity contribution in [2.45, 2.75) is 20.0 Å².